The molecular formula is C16H21F2N3O2. The van der Waals surface area contributed by atoms with E-state index >= 15 is 0 Å². The maximum atomic E-state index is 12.8. The van der Waals surface area contributed by atoms with Gasteiger partial charge in [0.25, 0.3) is 5.92 Å². The van der Waals surface area contributed by atoms with Crippen LogP contribution >= 0.6 is 0 Å². The van der Waals surface area contributed by atoms with Crippen molar-refractivity contribution in [2.45, 2.75) is 68.9 Å². The molecule has 0 aromatic heterocycles. The van der Waals surface area contributed by atoms with E-state index in [1.54, 1.807) is 0 Å². The molecule has 1 spiro atoms. The average Bonchev–Trinajstić information content (AvgIpc) is 3.37. The van der Waals surface area contributed by atoms with Crippen LogP contribution in [0.15, 0.2) is 0 Å². The lowest BCUT2D eigenvalue weighted by molar-refractivity contribution is -0.129. The maximum absolute atomic E-state index is 12.8. The van der Waals surface area contributed by atoms with Crippen molar-refractivity contribution in [3.63, 3.8) is 0 Å². The first-order chi connectivity index (χ1) is 10.8. The number of hydrogen-bond donors (Lipinski definition) is 2. The Morgan fingerprint density at radius 3 is 2.65 bits per heavy atom. The number of carbonyl (C=O) groups excluding carboxylic acids is 2. The highest BCUT2D eigenvalue weighted by Crippen LogP contribution is 2.51. The van der Waals surface area contributed by atoms with Crippen LogP contribution in [0.25, 0.3) is 0 Å². The summed E-state index contributed by atoms with van der Waals surface area (Å²) < 4.78 is 25.5. The third-order valence-corrected chi connectivity index (χ3v) is 5.27. The Hall–Kier alpha value is -1.71. The van der Waals surface area contributed by atoms with Gasteiger partial charge in [0.1, 0.15) is 6.04 Å². The number of hydrogen-bond acceptors (Lipinski definition) is 3. The minimum absolute atomic E-state index is 0.00158. The predicted octanol–water partition coefficient (Wildman–Crippen LogP) is 1.88. The van der Waals surface area contributed by atoms with Gasteiger partial charge in [0.2, 0.25) is 11.8 Å². The van der Waals surface area contributed by atoms with Crippen molar-refractivity contribution < 1.29 is 18.4 Å². The van der Waals surface area contributed by atoms with Crippen LogP contribution in [-0.2, 0) is 9.59 Å². The third kappa shape index (κ3) is 3.80. The van der Waals surface area contributed by atoms with Gasteiger partial charge < -0.3 is 10.6 Å². The molecule has 7 heteroatoms. The zero-order valence-electron chi connectivity index (χ0n) is 12.9. The summed E-state index contributed by atoms with van der Waals surface area (Å²) in [5.74, 6) is -4.02. The Kier molecular flexibility index (Phi) is 4.03. The fourth-order valence-corrected chi connectivity index (χ4v) is 3.34. The van der Waals surface area contributed by atoms with Crippen LogP contribution in [0.4, 0.5) is 8.78 Å². The highest BCUT2D eigenvalue weighted by molar-refractivity contribution is 5.81. The van der Waals surface area contributed by atoms with Crippen molar-refractivity contribution in [2.24, 2.45) is 11.8 Å². The molecule has 1 saturated heterocycles. The van der Waals surface area contributed by atoms with Crippen LogP contribution in [0.5, 0.6) is 0 Å². The molecule has 3 atom stereocenters. The molecule has 0 radical (unpaired) electrons. The molecule has 2 amide bonds. The lowest BCUT2D eigenvalue weighted by atomic mass is 9.87. The SMILES string of the molecule is N#C[C@H](C[C@@H]1CCC2(CC2)NC1=O)NC(=O)CCC1CC1(F)F. The topological polar surface area (TPSA) is 82.0 Å². The highest BCUT2D eigenvalue weighted by atomic mass is 19.3. The van der Waals surface area contributed by atoms with Gasteiger partial charge in [-0.25, -0.2) is 8.78 Å². The van der Waals surface area contributed by atoms with E-state index in [2.05, 4.69) is 10.6 Å². The van der Waals surface area contributed by atoms with E-state index in [1.165, 1.54) is 0 Å². The smallest absolute Gasteiger partial charge is 0.251 e. The van der Waals surface area contributed by atoms with Crippen molar-refractivity contribution in [2.75, 3.05) is 0 Å². The minimum atomic E-state index is -2.62. The number of rotatable bonds is 6. The first kappa shape index (κ1) is 16.2. The number of nitrogens with one attached hydrogen (secondary N) is 2. The minimum Gasteiger partial charge on any atom is -0.350 e. The van der Waals surface area contributed by atoms with Crippen LogP contribution in [0.1, 0.15) is 51.4 Å². The molecule has 126 valence electrons. The molecule has 3 fully saturated rings. The molecule has 1 unspecified atom stereocenters. The summed E-state index contributed by atoms with van der Waals surface area (Å²) >= 11 is 0. The summed E-state index contributed by atoms with van der Waals surface area (Å²) in [4.78, 5) is 23.8. The fourth-order valence-electron chi connectivity index (χ4n) is 3.34. The Bertz CT molecular complexity index is 554. The van der Waals surface area contributed by atoms with E-state index in [-0.39, 0.29) is 43.0 Å². The lowest BCUT2D eigenvalue weighted by Crippen LogP contribution is -2.47. The first-order valence-electron chi connectivity index (χ1n) is 8.22. The number of amides is 2. The van der Waals surface area contributed by atoms with Gasteiger partial charge in [-0.05, 0) is 38.5 Å². The highest BCUT2D eigenvalue weighted by Gasteiger charge is 2.56. The molecule has 0 aromatic rings. The summed E-state index contributed by atoms with van der Waals surface area (Å²) in [6, 6.07) is 1.25. The molecular weight excluding hydrogens is 304 g/mol. The van der Waals surface area contributed by atoms with Gasteiger partial charge in [-0.1, -0.05) is 0 Å². The number of nitriles is 1. The van der Waals surface area contributed by atoms with Crippen LogP contribution in [0.3, 0.4) is 0 Å². The van der Waals surface area contributed by atoms with Crippen molar-refractivity contribution in [1.29, 1.82) is 5.26 Å². The summed E-state index contributed by atoms with van der Waals surface area (Å²) in [5.41, 5.74) is 0.00840. The van der Waals surface area contributed by atoms with Crippen LogP contribution in [0.2, 0.25) is 0 Å². The summed E-state index contributed by atoms with van der Waals surface area (Å²) in [7, 11) is 0. The van der Waals surface area contributed by atoms with E-state index in [0.29, 0.717) is 0 Å². The van der Waals surface area contributed by atoms with E-state index in [1.807, 2.05) is 6.07 Å². The Labute approximate surface area is 133 Å². The predicted molar refractivity (Wildman–Crippen MR) is 77.3 cm³/mol. The van der Waals surface area contributed by atoms with Gasteiger partial charge in [0.05, 0.1) is 6.07 Å². The van der Waals surface area contributed by atoms with Crippen molar-refractivity contribution in [3.05, 3.63) is 0 Å². The molecule has 5 nitrogen and oxygen atoms in total. The Morgan fingerprint density at radius 1 is 1.43 bits per heavy atom. The van der Waals surface area contributed by atoms with Gasteiger partial charge in [0.15, 0.2) is 0 Å². The van der Waals surface area contributed by atoms with Crippen LogP contribution in [-0.4, -0.2) is 29.3 Å². The molecule has 23 heavy (non-hydrogen) atoms. The first-order valence-corrected chi connectivity index (χ1v) is 8.22. The van der Waals surface area contributed by atoms with Crippen molar-refractivity contribution in [3.8, 4) is 6.07 Å². The van der Waals surface area contributed by atoms with E-state index in [0.717, 1.165) is 25.7 Å². The van der Waals surface area contributed by atoms with Gasteiger partial charge >= 0.3 is 0 Å². The van der Waals surface area contributed by atoms with E-state index in [4.69, 9.17) is 5.26 Å². The lowest BCUT2D eigenvalue weighted by Gasteiger charge is -2.30. The zero-order valence-corrected chi connectivity index (χ0v) is 12.9. The fraction of sp³-hybridized carbons (Fsp3) is 0.812. The molecule has 1 aliphatic heterocycles. The summed E-state index contributed by atoms with van der Waals surface area (Å²) in [5, 5.41) is 14.7. The largest absolute Gasteiger partial charge is 0.350 e. The molecule has 3 aliphatic rings. The molecule has 2 saturated carbocycles. The number of carbonyl (C=O) groups is 2. The number of nitrogens with zero attached hydrogens (tertiary/aromatic N) is 1. The quantitative estimate of drug-likeness (QED) is 0.782. The average molecular weight is 325 g/mol. The van der Waals surface area contributed by atoms with Crippen molar-refractivity contribution >= 4 is 11.8 Å². The number of halogens is 2. The monoisotopic (exact) mass is 325 g/mol. The maximum Gasteiger partial charge on any atom is 0.251 e. The van der Waals surface area contributed by atoms with Crippen LogP contribution in [0, 0.1) is 23.2 Å². The second-order valence-electron chi connectivity index (χ2n) is 7.19. The Morgan fingerprint density at radius 2 is 2.13 bits per heavy atom. The number of piperidine rings is 1. The summed E-state index contributed by atoms with van der Waals surface area (Å²) in [6.45, 7) is 0. The van der Waals surface area contributed by atoms with Gasteiger partial charge in [-0.15, -0.1) is 0 Å². The van der Waals surface area contributed by atoms with E-state index in [9.17, 15) is 18.4 Å². The Balaban J connectivity index is 1.41. The molecule has 2 aliphatic carbocycles. The second-order valence-corrected chi connectivity index (χ2v) is 7.19. The van der Waals surface area contributed by atoms with Gasteiger partial charge in [-0.3, -0.25) is 9.59 Å². The van der Waals surface area contributed by atoms with Gasteiger partial charge in [-0.2, -0.15) is 5.26 Å². The normalized spacial score (nSPS) is 30.9. The molecule has 2 N–H and O–H groups in total. The molecule has 1 heterocycles. The van der Waals surface area contributed by atoms with E-state index < -0.39 is 23.8 Å². The standard InChI is InChI=1S/C16H21F2N3O2/c17-16(18)8-11(16)1-2-13(22)20-12(9-19)7-10-3-4-15(5-6-15)21-14(10)23/h10-12H,1-8H2,(H,20,22)(H,21,23)/t10-,11?,12-/m0/s1. The zero-order chi connectivity index (χ0) is 16.7. The third-order valence-electron chi connectivity index (χ3n) is 5.27. The van der Waals surface area contributed by atoms with Gasteiger partial charge in [0, 0.05) is 30.2 Å². The molecule has 0 bridgehead atoms. The van der Waals surface area contributed by atoms with Crippen molar-refractivity contribution in [1.82, 2.24) is 10.6 Å². The molecule has 3 rings (SSSR count). The molecule has 0 aromatic carbocycles. The second kappa shape index (κ2) is 5.73. The number of alkyl halides is 2. The van der Waals surface area contributed by atoms with Crippen LogP contribution < -0.4 is 10.6 Å². The summed E-state index contributed by atoms with van der Waals surface area (Å²) in [6.07, 6.45) is 3.98.